The molecule has 0 fully saturated rings. The fraction of sp³-hybridized carbons (Fsp3) is 0.316. The van der Waals surface area contributed by atoms with E-state index in [0.29, 0.717) is 17.2 Å². The fourth-order valence-electron chi connectivity index (χ4n) is 2.81. The third-order valence-electron chi connectivity index (χ3n) is 4.11. The van der Waals surface area contributed by atoms with Crippen molar-refractivity contribution in [3.05, 3.63) is 42.2 Å². The molecule has 1 aromatic carbocycles. The number of amides is 1. The number of para-hydroxylation sites is 1. The summed E-state index contributed by atoms with van der Waals surface area (Å²) in [5, 5.41) is 3.43. The first-order valence-electron chi connectivity index (χ1n) is 8.33. The molecule has 0 spiro atoms. The molecule has 1 atom stereocenters. The van der Waals surface area contributed by atoms with E-state index in [1.807, 2.05) is 31.2 Å². The molecule has 0 radical (unpaired) electrons. The second-order valence-corrected chi connectivity index (χ2v) is 7.21. The van der Waals surface area contributed by atoms with E-state index in [9.17, 15) is 9.59 Å². The van der Waals surface area contributed by atoms with E-state index in [0.717, 1.165) is 16.6 Å². The fourth-order valence-corrected chi connectivity index (χ4v) is 3.73. The predicted molar refractivity (Wildman–Crippen MR) is 100 cm³/mol. The van der Waals surface area contributed by atoms with Crippen molar-refractivity contribution >= 4 is 33.4 Å². The van der Waals surface area contributed by atoms with E-state index in [1.54, 1.807) is 19.1 Å². The number of ether oxygens (including phenoxy) is 1. The topological polar surface area (TPSA) is 81.4 Å². The number of hydrogen-bond acceptors (Lipinski definition) is 6. The van der Waals surface area contributed by atoms with Crippen LogP contribution in [0.5, 0.6) is 0 Å². The lowest BCUT2D eigenvalue weighted by molar-refractivity contribution is -0.147. The molecule has 0 aliphatic carbocycles. The van der Waals surface area contributed by atoms with E-state index in [-0.39, 0.29) is 5.76 Å². The SMILES string of the molecule is CCCC(C)(NC(=O)c1ccc(-c2nc3ccccc3s2)o1)C(=O)OC. The average Bonchev–Trinajstić information content (AvgIpc) is 3.27. The highest BCUT2D eigenvalue weighted by Gasteiger charge is 2.36. The minimum Gasteiger partial charge on any atom is -0.467 e. The number of carbonyl (C=O) groups excluding carboxylic acids is 2. The van der Waals surface area contributed by atoms with E-state index in [4.69, 9.17) is 9.15 Å². The van der Waals surface area contributed by atoms with E-state index >= 15 is 0 Å². The maximum absolute atomic E-state index is 12.5. The minimum atomic E-state index is -1.09. The predicted octanol–water partition coefficient (Wildman–Crippen LogP) is 4.02. The molecule has 2 aromatic heterocycles. The maximum Gasteiger partial charge on any atom is 0.331 e. The summed E-state index contributed by atoms with van der Waals surface area (Å²) >= 11 is 1.49. The Labute approximate surface area is 155 Å². The van der Waals surface area contributed by atoms with Crippen molar-refractivity contribution in [1.29, 1.82) is 0 Å². The molecule has 26 heavy (non-hydrogen) atoms. The van der Waals surface area contributed by atoms with Crippen LogP contribution in [0, 0.1) is 0 Å². The molecule has 2 heterocycles. The molecule has 1 amide bonds. The molecule has 1 unspecified atom stereocenters. The molecule has 0 aliphatic heterocycles. The summed E-state index contributed by atoms with van der Waals surface area (Å²) in [6.45, 7) is 3.59. The van der Waals surface area contributed by atoms with Gasteiger partial charge in [0.15, 0.2) is 16.5 Å². The van der Waals surface area contributed by atoms with Gasteiger partial charge >= 0.3 is 5.97 Å². The Hall–Kier alpha value is -2.67. The second kappa shape index (κ2) is 7.29. The minimum absolute atomic E-state index is 0.130. The van der Waals surface area contributed by atoms with Crippen LogP contribution in [0.15, 0.2) is 40.8 Å². The number of furan rings is 1. The van der Waals surface area contributed by atoms with Gasteiger partial charge in [-0.15, -0.1) is 11.3 Å². The number of carbonyl (C=O) groups is 2. The zero-order valence-corrected chi connectivity index (χ0v) is 15.7. The van der Waals surface area contributed by atoms with Gasteiger partial charge in [-0.2, -0.15) is 0 Å². The van der Waals surface area contributed by atoms with Gasteiger partial charge in [-0.3, -0.25) is 4.79 Å². The molecule has 3 rings (SSSR count). The van der Waals surface area contributed by atoms with Gasteiger partial charge in [0.25, 0.3) is 5.91 Å². The average molecular weight is 372 g/mol. The zero-order chi connectivity index (χ0) is 18.7. The highest BCUT2D eigenvalue weighted by atomic mass is 32.1. The molecule has 0 saturated heterocycles. The maximum atomic E-state index is 12.5. The highest BCUT2D eigenvalue weighted by Crippen LogP contribution is 2.31. The first-order chi connectivity index (χ1) is 12.5. The monoisotopic (exact) mass is 372 g/mol. The molecule has 3 aromatic rings. The van der Waals surface area contributed by atoms with Crippen molar-refractivity contribution in [2.75, 3.05) is 7.11 Å². The third kappa shape index (κ3) is 3.48. The molecule has 6 nitrogen and oxygen atoms in total. The van der Waals surface area contributed by atoms with Crippen molar-refractivity contribution in [2.45, 2.75) is 32.2 Å². The van der Waals surface area contributed by atoms with E-state index in [1.165, 1.54) is 18.4 Å². The van der Waals surface area contributed by atoms with Gasteiger partial charge in [0, 0.05) is 0 Å². The van der Waals surface area contributed by atoms with Gasteiger partial charge in [-0.1, -0.05) is 25.5 Å². The van der Waals surface area contributed by atoms with E-state index < -0.39 is 17.4 Å². The number of benzene rings is 1. The van der Waals surface area contributed by atoms with Gasteiger partial charge in [0.2, 0.25) is 0 Å². The van der Waals surface area contributed by atoms with Crippen LogP contribution in [0.1, 0.15) is 37.2 Å². The van der Waals surface area contributed by atoms with Gasteiger partial charge < -0.3 is 14.5 Å². The third-order valence-corrected chi connectivity index (χ3v) is 5.16. The Kier molecular flexibility index (Phi) is 5.08. The van der Waals surface area contributed by atoms with Crippen LogP contribution in [0.4, 0.5) is 0 Å². The quantitative estimate of drug-likeness (QED) is 0.661. The normalized spacial score (nSPS) is 13.3. The van der Waals surface area contributed by atoms with Crippen LogP contribution >= 0.6 is 11.3 Å². The first-order valence-corrected chi connectivity index (χ1v) is 9.15. The number of methoxy groups -OCH3 is 1. The van der Waals surface area contributed by atoms with Crippen LogP contribution < -0.4 is 5.32 Å². The van der Waals surface area contributed by atoms with Crippen molar-refractivity contribution in [1.82, 2.24) is 10.3 Å². The van der Waals surface area contributed by atoms with Gasteiger partial charge in [0.05, 0.1) is 17.3 Å². The summed E-state index contributed by atoms with van der Waals surface area (Å²) in [5.41, 5.74) is -0.209. The van der Waals surface area contributed by atoms with Crippen LogP contribution in [-0.2, 0) is 9.53 Å². The van der Waals surface area contributed by atoms with Crippen molar-refractivity contribution < 1.29 is 18.7 Å². The van der Waals surface area contributed by atoms with Crippen LogP contribution in [0.25, 0.3) is 21.0 Å². The lowest BCUT2D eigenvalue weighted by Crippen LogP contribution is -2.52. The second-order valence-electron chi connectivity index (χ2n) is 6.18. The van der Waals surface area contributed by atoms with Crippen molar-refractivity contribution in [3.63, 3.8) is 0 Å². The molecule has 7 heteroatoms. The Morgan fingerprint density at radius 1 is 1.27 bits per heavy atom. The standard InChI is InChI=1S/C19H20N2O4S/c1-4-11-19(2,18(23)24-3)21-16(22)13-9-10-14(25-13)17-20-12-7-5-6-8-15(12)26-17/h5-10H,4,11H2,1-3H3,(H,21,22). The smallest absolute Gasteiger partial charge is 0.331 e. The van der Waals surface area contributed by atoms with Gasteiger partial charge in [-0.25, -0.2) is 9.78 Å². The van der Waals surface area contributed by atoms with Crippen LogP contribution in [0.3, 0.4) is 0 Å². The number of aromatic nitrogens is 1. The van der Waals surface area contributed by atoms with Gasteiger partial charge in [-0.05, 0) is 37.6 Å². The zero-order valence-electron chi connectivity index (χ0n) is 14.9. The Bertz CT molecular complexity index is 913. The lowest BCUT2D eigenvalue weighted by Gasteiger charge is -2.26. The number of fused-ring (bicyclic) bond motifs is 1. The highest BCUT2D eigenvalue weighted by molar-refractivity contribution is 7.21. The number of nitrogens with zero attached hydrogens (tertiary/aromatic N) is 1. The summed E-state index contributed by atoms with van der Waals surface area (Å²) in [7, 11) is 1.31. The van der Waals surface area contributed by atoms with Gasteiger partial charge in [0.1, 0.15) is 5.54 Å². The number of esters is 1. The number of nitrogens with one attached hydrogen (secondary N) is 1. The summed E-state index contributed by atoms with van der Waals surface area (Å²) in [5.74, 6) is -0.290. The van der Waals surface area contributed by atoms with Crippen LogP contribution in [0.2, 0.25) is 0 Å². The molecule has 0 bridgehead atoms. The Morgan fingerprint density at radius 2 is 2.04 bits per heavy atom. The molecule has 0 aliphatic rings. The summed E-state index contributed by atoms with van der Waals surface area (Å²) in [4.78, 5) is 29.1. The number of rotatable bonds is 6. The molecular weight excluding hydrogens is 352 g/mol. The molecule has 1 N–H and O–H groups in total. The summed E-state index contributed by atoms with van der Waals surface area (Å²) in [6.07, 6.45) is 1.19. The van der Waals surface area contributed by atoms with E-state index in [2.05, 4.69) is 10.3 Å². The Morgan fingerprint density at radius 3 is 2.73 bits per heavy atom. The Balaban J connectivity index is 1.82. The summed E-state index contributed by atoms with van der Waals surface area (Å²) in [6, 6.07) is 11.1. The molecule has 136 valence electrons. The lowest BCUT2D eigenvalue weighted by atomic mass is 9.96. The van der Waals surface area contributed by atoms with Crippen molar-refractivity contribution in [3.8, 4) is 10.8 Å². The largest absolute Gasteiger partial charge is 0.467 e. The summed E-state index contributed by atoms with van der Waals surface area (Å²) < 4.78 is 11.5. The molecule has 0 saturated carbocycles. The van der Waals surface area contributed by atoms with Crippen LogP contribution in [-0.4, -0.2) is 29.5 Å². The number of thiazole rings is 1. The molecular formula is C19H20N2O4S. The first kappa shape index (κ1) is 18.1. The van der Waals surface area contributed by atoms with Crippen molar-refractivity contribution in [2.24, 2.45) is 0 Å². The number of hydrogen-bond donors (Lipinski definition) is 1.